The van der Waals surface area contributed by atoms with Gasteiger partial charge in [-0.2, -0.15) is 4.90 Å². The molecule has 1 N–H and O–H groups in total. The number of carbonyl (C=O) groups excluding carboxylic acids is 2. The van der Waals surface area contributed by atoms with E-state index in [1.54, 1.807) is 6.07 Å². The molecule has 4 rings (SSSR count). The van der Waals surface area contributed by atoms with Crippen LogP contribution < -0.4 is 4.90 Å². The van der Waals surface area contributed by atoms with Crippen molar-refractivity contribution in [1.82, 2.24) is 15.0 Å². The lowest BCUT2D eigenvalue weighted by Gasteiger charge is -2.20. The first kappa shape index (κ1) is 19.4. The summed E-state index contributed by atoms with van der Waals surface area (Å²) in [6.45, 7) is 0.0578. The summed E-state index contributed by atoms with van der Waals surface area (Å²) in [5, 5.41) is 0. The van der Waals surface area contributed by atoms with Crippen LogP contribution in [0, 0.1) is 0 Å². The first-order valence-electron chi connectivity index (χ1n) is 9.53. The molecule has 0 spiro atoms. The number of H-pyrrole nitrogens is 1. The normalized spacial score (nSPS) is 13.0. The average Bonchev–Trinajstić information content (AvgIpc) is 3.28. The lowest BCUT2D eigenvalue weighted by atomic mass is 10.1. The number of aromatic nitrogens is 3. The highest BCUT2D eigenvalue weighted by atomic mass is 16.6. The van der Waals surface area contributed by atoms with E-state index in [9.17, 15) is 9.59 Å². The van der Waals surface area contributed by atoms with Crippen LogP contribution in [0.15, 0.2) is 72.7 Å². The number of imide groups is 1. The second-order valence-corrected chi connectivity index (χ2v) is 6.62. The fourth-order valence-corrected chi connectivity index (χ4v) is 3.03. The summed E-state index contributed by atoms with van der Waals surface area (Å²) < 4.78 is 10.7. The van der Waals surface area contributed by atoms with E-state index >= 15 is 0 Å². The van der Waals surface area contributed by atoms with Gasteiger partial charge in [0, 0.05) is 6.20 Å². The minimum atomic E-state index is -0.889. The Bertz CT molecular complexity index is 1100. The molecule has 0 aliphatic heterocycles. The molecule has 0 saturated carbocycles. The highest BCUT2D eigenvalue weighted by Gasteiger charge is 2.30. The molecule has 8 heteroatoms. The average molecular weight is 404 g/mol. The van der Waals surface area contributed by atoms with Crippen molar-refractivity contribution in [2.45, 2.75) is 19.4 Å². The van der Waals surface area contributed by atoms with Crippen LogP contribution in [0.25, 0.3) is 11.0 Å². The van der Waals surface area contributed by atoms with Gasteiger partial charge in [-0.05, 0) is 30.0 Å². The number of ether oxygens (including phenoxy) is 2. The van der Waals surface area contributed by atoms with Crippen molar-refractivity contribution in [3.8, 4) is 0 Å². The van der Waals surface area contributed by atoms with Gasteiger partial charge in [0.2, 0.25) is 0 Å². The summed E-state index contributed by atoms with van der Waals surface area (Å²) in [5.41, 5.74) is 2.66. The van der Waals surface area contributed by atoms with E-state index in [0.717, 1.165) is 28.9 Å². The molecule has 0 saturated heterocycles. The highest BCUT2D eigenvalue weighted by Crippen LogP contribution is 2.23. The van der Waals surface area contributed by atoms with Gasteiger partial charge in [0.25, 0.3) is 0 Å². The summed E-state index contributed by atoms with van der Waals surface area (Å²) in [7, 11) is 0. The van der Waals surface area contributed by atoms with E-state index in [-0.39, 0.29) is 19.0 Å². The van der Waals surface area contributed by atoms with Gasteiger partial charge in [0.1, 0.15) is 18.7 Å². The molecule has 0 unspecified atom stereocenters. The number of imidazole rings is 1. The third-order valence-electron chi connectivity index (χ3n) is 4.53. The smallest absolute Gasteiger partial charge is 0.425 e. The predicted molar refractivity (Wildman–Crippen MR) is 111 cm³/mol. The zero-order valence-electron chi connectivity index (χ0n) is 16.2. The number of carbonyl (C=O) groups is 2. The third kappa shape index (κ3) is 4.38. The van der Waals surface area contributed by atoms with Crippen LogP contribution in [-0.2, 0) is 16.1 Å². The standard InChI is InChI=1S/C22H20N4O4/c27-21(29-13-16-7-3-1-4-8-16)26(20-19-18(11-12-23-20)24-15-25-19)22(28)30-14-17-9-5-2-6-10-17/h1,3-5,7-12,15H,2,6,13-14H2,(H,24,25). The number of nitrogens with one attached hydrogen (secondary N) is 1. The molecule has 3 aromatic rings. The van der Waals surface area contributed by atoms with Crippen LogP contribution in [0.5, 0.6) is 0 Å². The number of benzene rings is 1. The Morgan fingerprint density at radius 1 is 1.00 bits per heavy atom. The number of hydrogen-bond acceptors (Lipinski definition) is 6. The Hall–Kier alpha value is -3.94. The number of hydrogen-bond donors (Lipinski definition) is 1. The molecule has 8 nitrogen and oxygen atoms in total. The lowest BCUT2D eigenvalue weighted by molar-refractivity contribution is 0.134. The Balaban J connectivity index is 1.56. The first-order valence-corrected chi connectivity index (χ1v) is 9.53. The van der Waals surface area contributed by atoms with Crippen molar-refractivity contribution >= 4 is 29.0 Å². The SMILES string of the molecule is O=C(OCC1=CCCC=C1)N(C(=O)OCc1ccccc1)c1nccc2[nH]cnc12. The van der Waals surface area contributed by atoms with Gasteiger partial charge in [0.15, 0.2) is 5.82 Å². The number of anilines is 1. The molecule has 1 aromatic carbocycles. The van der Waals surface area contributed by atoms with E-state index < -0.39 is 12.2 Å². The predicted octanol–water partition coefficient (Wildman–Crippen LogP) is 4.51. The molecule has 2 amide bonds. The molecule has 1 aliphatic carbocycles. The summed E-state index contributed by atoms with van der Waals surface area (Å²) in [6, 6.07) is 10.9. The van der Waals surface area contributed by atoms with E-state index in [4.69, 9.17) is 9.47 Å². The van der Waals surface area contributed by atoms with Gasteiger partial charge in [-0.25, -0.2) is 19.6 Å². The molecule has 0 atom stereocenters. The topological polar surface area (TPSA) is 97.4 Å². The number of rotatable bonds is 5. The van der Waals surface area contributed by atoms with E-state index in [1.807, 2.05) is 48.6 Å². The van der Waals surface area contributed by atoms with Gasteiger partial charge >= 0.3 is 12.2 Å². The summed E-state index contributed by atoms with van der Waals surface area (Å²) in [5.74, 6) is 0.0463. The monoisotopic (exact) mass is 404 g/mol. The fraction of sp³-hybridized carbons (Fsp3) is 0.182. The third-order valence-corrected chi connectivity index (χ3v) is 4.53. The summed E-state index contributed by atoms with van der Waals surface area (Å²) in [6.07, 6.45) is 8.94. The second kappa shape index (κ2) is 9.04. The van der Waals surface area contributed by atoms with Crippen molar-refractivity contribution in [3.05, 3.63) is 78.3 Å². The summed E-state index contributed by atoms with van der Waals surface area (Å²) in [4.78, 5) is 37.8. The number of nitrogens with zero attached hydrogens (tertiary/aromatic N) is 3. The van der Waals surface area contributed by atoms with Crippen LogP contribution in [0.4, 0.5) is 15.4 Å². The van der Waals surface area contributed by atoms with Crippen molar-refractivity contribution < 1.29 is 19.1 Å². The molecule has 152 valence electrons. The van der Waals surface area contributed by atoms with Crippen molar-refractivity contribution in [1.29, 1.82) is 0 Å². The molecular formula is C22H20N4O4. The zero-order chi connectivity index (χ0) is 20.8. The Kier molecular flexibility index (Phi) is 5.84. The lowest BCUT2D eigenvalue weighted by Crippen LogP contribution is -2.39. The number of amides is 2. The van der Waals surface area contributed by atoms with Crippen LogP contribution in [-0.4, -0.2) is 33.7 Å². The number of pyridine rings is 1. The molecule has 0 radical (unpaired) electrons. The second-order valence-electron chi connectivity index (χ2n) is 6.62. The van der Waals surface area contributed by atoms with Crippen molar-refractivity contribution in [3.63, 3.8) is 0 Å². The zero-order valence-corrected chi connectivity index (χ0v) is 16.2. The maximum absolute atomic E-state index is 12.9. The van der Waals surface area contributed by atoms with E-state index in [0.29, 0.717) is 11.0 Å². The molecule has 0 bridgehead atoms. The molecule has 1 aliphatic rings. The van der Waals surface area contributed by atoms with Crippen LogP contribution in [0.2, 0.25) is 0 Å². The van der Waals surface area contributed by atoms with Gasteiger partial charge in [-0.3, -0.25) is 0 Å². The highest BCUT2D eigenvalue weighted by molar-refractivity contribution is 6.12. The molecule has 2 aromatic heterocycles. The molecular weight excluding hydrogens is 384 g/mol. The van der Waals surface area contributed by atoms with Crippen LogP contribution >= 0.6 is 0 Å². The quantitative estimate of drug-likeness (QED) is 0.672. The first-order chi connectivity index (χ1) is 14.7. The minimum Gasteiger partial charge on any atom is -0.444 e. The van der Waals surface area contributed by atoms with Crippen molar-refractivity contribution in [2.75, 3.05) is 11.5 Å². The molecule has 0 fully saturated rings. The summed E-state index contributed by atoms with van der Waals surface area (Å²) >= 11 is 0. The maximum Gasteiger partial charge on any atom is 0.425 e. The van der Waals surface area contributed by atoms with Crippen LogP contribution in [0.3, 0.4) is 0 Å². The Labute approximate surface area is 172 Å². The Morgan fingerprint density at radius 2 is 1.80 bits per heavy atom. The van der Waals surface area contributed by atoms with Gasteiger partial charge < -0.3 is 14.5 Å². The van der Waals surface area contributed by atoms with Gasteiger partial charge in [-0.1, -0.05) is 48.6 Å². The van der Waals surface area contributed by atoms with Crippen molar-refractivity contribution in [2.24, 2.45) is 0 Å². The number of fused-ring (bicyclic) bond motifs is 1. The maximum atomic E-state index is 12.9. The minimum absolute atomic E-state index is 0.00782. The van der Waals surface area contributed by atoms with Gasteiger partial charge in [-0.15, -0.1) is 0 Å². The van der Waals surface area contributed by atoms with Crippen LogP contribution in [0.1, 0.15) is 18.4 Å². The number of allylic oxidation sites excluding steroid dienone is 2. The molecule has 30 heavy (non-hydrogen) atoms. The van der Waals surface area contributed by atoms with E-state index in [2.05, 4.69) is 15.0 Å². The van der Waals surface area contributed by atoms with E-state index in [1.165, 1.54) is 12.5 Å². The fourth-order valence-electron chi connectivity index (χ4n) is 3.03. The Morgan fingerprint density at radius 3 is 2.57 bits per heavy atom. The van der Waals surface area contributed by atoms with Gasteiger partial charge in [0.05, 0.1) is 11.8 Å². The number of aromatic amines is 1. The molecule has 2 heterocycles. The largest absolute Gasteiger partial charge is 0.444 e.